The van der Waals surface area contributed by atoms with Gasteiger partial charge in [0.1, 0.15) is 12.0 Å². The van der Waals surface area contributed by atoms with Gasteiger partial charge in [-0.25, -0.2) is 24.3 Å². The molecule has 31 heavy (non-hydrogen) atoms. The maximum Gasteiger partial charge on any atom is 0.222 e. The number of carbonyl (C=O) groups is 1. The Morgan fingerprint density at radius 3 is 2.84 bits per heavy atom. The molecule has 0 aromatic carbocycles. The van der Waals surface area contributed by atoms with Gasteiger partial charge in [-0.05, 0) is 43.9 Å². The first kappa shape index (κ1) is 20.0. The summed E-state index contributed by atoms with van der Waals surface area (Å²) in [5.41, 5.74) is 1.93. The van der Waals surface area contributed by atoms with Gasteiger partial charge in [-0.3, -0.25) is 4.79 Å². The smallest absolute Gasteiger partial charge is 0.222 e. The van der Waals surface area contributed by atoms with Crippen molar-refractivity contribution in [3.63, 3.8) is 0 Å². The van der Waals surface area contributed by atoms with Crippen molar-refractivity contribution in [2.24, 2.45) is 11.8 Å². The van der Waals surface area contributed by atoms with Gasteiger partial charge < -0.3 is 9.88 Å². The summed E-state index contributed by atoms with van der Waals surface area (Å²) in [6.45, 7) is 1.81. The van der Waals surface area contributed by atoms with Crippen molar-refractivity contribution in [3.8, 4) is 11.4 Å². The third-order valence-corrected chi connectivity index (χ3v) is 6.71. The zero-order valence-electron chi connectivity index (χ0n) is 17.6. The average molecular weight is 423 g/mol. The van der Waals surface area contributed by atoms with E-state index in [1.807, 2.05) is 4.90 Å². The molecule has 1 N–H and O–H groups in total. The van der Waals surface area contributed by atoms with Crippen molar-refractivity contribution in [2.45, 2.75) is 51.4 Å². The SMILES string of the molecule is O=C(C[C@H]1CCC[C@@H](Cc2nc(-c3c[nH]c4ncncc34)ncc2F)C1)N1CCCC1. The van der Waals surface area contributed by atoms with E-state index < -0.39 is 0 Å². The van der Waals surface area contributed by atoms with Crippen LogP contribution >= 0.6 is 0 Å². The predicted molar refractivity (Wildman–Crippen MR) is 114 cm³/mol. The molecule has 2 aliphatic rings. The molecule has 4 heterocycles. The highest BCUT2D eigenvalue weighted by Crippen LogP contribution is 2.34. The molecule has 0 bridgehead atoms. The van der Waals surface area contributed by atoms with Gasteiger partial charge >= 0.3 is 0 Å². The quantitative estimate of drug-likeness (QED) is 0.673. The van der Waals surface area contributed by atoms with E-state index in [1.54, 1.807) is 12.4 Å². The van der Waals surface area contributed by atoms with Crippen LogP contribution < -0.4 is 0 Å². The Balaban J connectivity index is 1.29. The number of aromatic amines is 1. The second kappa shape index (κ2) is 8.69. The summed E-state index contributed by atoms with van der Waals surface area (Å²) in [5, 5.41) is 0.818. The summed E-state index contributed by atoms with van der Waals surface area (Å²) < 4.78 is 14.6. The number of halogens is 1. The highest BCUT2D eigenvalue weighted by atomic mass is 19.1. The Labute approximate surface area is 180 Å². The minimum atomic E-state index is -0.366. The lowest BCUT2D eigenvalue weighted by Crippen LogP contribution is -2.31. The molecule has 5 rings (SSSR count). The number of H-pyrrole nitrogens is 1. The van der Waals surface area contributed by atoms with Gasteiger partial charge in [0.05, 0.1) is 11.9 Å². The van der Waals surface area contributed by atoms with Crippen LogP contribution in [0.3, 0.4) is 0 Å². The van der Waals surface area contributed by atoms with Crippen molar-refractivity contribution in [1.82, 2.24) is 29.8 Å². The number of nitrogens with one attached hydrogen (secondary N) is 1. The van der Waals surface area contributed by atoms with Crippen LogP contribution in [0.4, 0.5) is 4.39 Å². The zero-order chi connectivity index (χ0) is 21.2. The summed E-state index contributed by atoms with van der Waals surface area (Å²) in [5.74, 6) is 1.14. The van der Waals surface area contributed by atoms with E-state index >= 15 is 0 Å². The highest BCUT2D eigenvalue weighted by molar-refractivity contribution is 5.90. The monoisotopic (exact) mass is 422 g/mol. The molecule has 3 aromatic rings. The number of fused-ring (bicyclic) bond motifs is 1. The van der Waals surface area contributed by atoms with Crippen molar-refractivity contribution < 1.29 is 9.18 Å². The van der Waals surface area contributed by atoms with Gasteiger partial charge in [0, 0.05) is 42.9 Å². The van der Waals surface area contributed by atoms with Crippen LogP contribution in [0.1, 0.15) is 50.6 Å². The Hall–Kier alpha value is -2.90. The lowest BCUT2D eigenvalue weighted by atomic mass is 9.77. The van der Waals surface area contributed by atoms with E-state index in [0.717, 1.165) is 62.6 Å². The molecule has 0 spiro atoms. The third-order valence-electron chi connectivity index (χ3n) is 6.71. The molecule has 0 radical (unpaired) electrons. The first-order valence-corrected chi connectivity index (χ1v) is 11.2. The van der Waals surface area contributed by atoms with Crippen LogP contribution in [-0.4, -0.2) is 48.8 Å². The predicted octanol–water partition coefficient (Wildman–Crippen LogP) is 3.92. The molecule has 1 amide bonds. The van der Waals surface area contributed by atoms with Crippen LogP contribution in [0.15, 0.2) is 24.9 Å². The van der Waals surface area contributed by atoms with Crippen LogP contribution in [0, 0.1) is 17.7 Å². The van der Waals surface area contributed by atoms with E-state index in [4.69, 9.17) is 0 Å². The number of hydrogen-bond acceptors (Lipinski definition) is 5. The fraction of sp³-hybridized carbons (Fsp3) is 0.522. The van der Waals surface area contributed by atoms with E-state index in [2.05, 4.69) is 24.9 Å². The number of nitrogens with zero attached hydrogens (tertiary/aromatic N) is 5. The zero-order valence-corrected chi connectivity index (χ0v) is 17.6. The Morgan fingerprint density at radius 1 is 1.13 bits per heavy atom. The fourth-order valence-electron chi connectivity index (χ4n) is 5.11. The van der Waals surface area contributed by atoms with E-state index in [1.165, 1.54) is 12.5 Å². The van der Waals surface area contributed by atoms with Crippen LogP contribution in [-0.2, 0) is 11.2 Å². The largest absolute Gasteiger partial charge is 0.345 e. The molecule has 1 saturated heterocycles. The van der Waals surface area contributed by atoms with Crippen molar-refractivity contribution >= 4 is 16.9 Å². The van der Waals surface area contributed by atoms with Gasteiger partial charge in [-0.2, -0.15) is 0 Å². The van der Waals surface area contributed by atoms with Crippen molar-refractivity contribution in [2.75, 3.05) is 13.1 Å². The number of likely N-dealkylation sites (tertiary alicyclic amines) is 1. The first-order chi connectivity index (χ1) is 15.2. The number of hydrogen-bond donors (Lipinski definition) is 1. The van der Waals surface area contributed by atoms with Crippen molar-refractivity contribution in [3.05, 3.63) is 36.4 Å². The summed E-state index contributed by atoms with van der Waals surface area (Å²) in [6.07, 6.45) is 13.9. The molecular formula is C23H27FN6O. The molecule has 0 unspecified atom stereocenters. The number of aromatic nitrogens is 5. The topological polar surface area (TPSA) is 87.7 Å². The second-order valence-electron chi connectivity index (χ2n) is 8.87. The normalized spacial score (nSPS) is 21.6. The van der Waals surface area contributed by atoms with Gasteiger partial charge in [-0.1, -0.05) is 12.8 Å². The van der Waals surface area contributed by atoms with Crippen LogP contribution in [0.2, 0.25) is 0 Å². The maximum atomic E-state index is 14.6. The van der Waals surface area contributed by atoms with Crippen LogP contribution in [0.25, 0.3) is 22.4 Å². The molecule has 8 heteroatoms. The number of carbonyl (C=O) groups excluding carboxylic acids is 1. The van der Waals surface area contributed by atoms with E-state index in [0.29, 0.717) is 47.8 Å². The van der Waals surface area contributed by atoms with Gasteiger partial charge in [0.25, 0.3) is 0 Å². The minimum Gasteiger partial charge on any atom is -0.345 e. The van der Waals surface area contributed by atoms with Crippen molar-refractivity contribution in [1.29, 1.82) is 0 Å². The summed E-state index contributed by atoms with van der Waals surface area (Å²) >= 11 is 0. The fourth-order valence-corrected chi connectivity index (χ4v) is 5.11. The maximum absolute atomic E-state index is 14.6. The summed E-state index contributed by atoms with van der Waals surface area (Å²) in [7, 11) is 0. The third kappa shape index (κ3) is 4.29. The second-order valence-corrected chi connectivity index (χ2v) is 8.87. The minimum absolute atomic E-state index is 0.292. The number of rotatable bonds is 5. The Bertz CT molecular complexity index is 1080. The van der Waals surface area contributed by atoms with E-state index in [9.17, 15) is 9.18 Å². The molecule has 162 valence electrons. The van der Waals surface area contributed by atoms with Gasteiger partial charge in [0.2, 0.25) is 5.91 Å². The standard InChI is InChI=1S/C23H27FN6O/c24-19-13-27-23(18-12-26-22-17(18)11-25-14-28-22)29-20(19)9-15-4-3-5-16(8-15)10-21(31)30-6-1-2-7-30/h11-16H,1-10H2,(H,25,26,28)/t15-,16+/m1/s1. The average Bonchev–Trinajstić information content (AvgIpc) is 3.46. The Morgan fingerprint density at radius 2 is 1.97 bits per heavy atom. The Kier molecular flexibility index (Phi) is 5.61. The molecule has 7 nitrogen and oxygen atoms in total. The molecule has 2 fully saturated rings. The highest BCUT2D eigenvalue weighted by Gasteiger charge is 2.28. The molecular weight excluding hydrogens is 395 g/mol. The molecule has 1 aliphatic heterocycles. The van der Waals surface area contributed by atoms with Gasteiger partial charge in [-0.15, -0.1) is 0 Å². The summed E-state index contributed by atoms with van der Waals surface area (Å²) in [4.78, 5) is 34.7. The first-order valence-electron chi connectivity index (χ1n) is 11.2. The summed E-state index contributed by atoms with van der Waals surface area (Å²) in [6, 6.07) is 0. The molecule has 2 atom stereocenters. The van der Waals surface area contributed by atoms with Gasteiger partial charge in [0.15, 0.2) is 11.6 Å². The van der Waals surface area contributed by atoms with E-state index in [-0.39, 0.29) is 5.82 Å². The molecule has 1 saturated carbocycles. The number of amides is 1. The lowest BCUT2D eigenvalue weighted by Gasteiger charge is -2.30. The lowest BCUT2D eigenvalue weighted by molar-refractivity contribution is -0.131. The molecule has 3 aromatic heterocycles. The van der Waals surface area contributed by atoms with Crippen LogP contribution in [0.5, 0.6) is 0 Å². The molecule has 1 aliphatic carbocycles.